The number of allylic oxidation sites excluding steroid dienone is 8. The number of alkyl halides is 2. The lowest BCUT2D eigenvalue weighted by molar-refractivity contribution is -0.136. The van der Waals surface area contributed by atoms with E-state index in [4.69, 9.17) is 14.2 Å². The predicted molar refractivity (Wildman–Crippen MR) is 140 cm³/mol. The van der Waals surface area contributed by atoms with Gasteiger partial charge >= 0.3 is 0 Å². The highest BCUT2D eigenvalue weighted by Crippen LogP contribution is 2.47. The summed E-state index contributed by atoms with van der Waals surface area (Å²) in [6.45, 7) is 1.92. The molecule has 1 aliphatic heterocycles. The Bertz CT molecular complexity index is 1280. The van der Waals surface area contributed by atoms with Crippen LogP contribution >= 0.6 is 0 Å². The highest BCUT2D eigenvalue weighted by molar-refractivity contribution is 6.09. The second-order valence-corrected chi connectivity index (χ2v) is 10.5. The third-order valence-electron chi connectivity index (χ3n) is 7.60. The molecule has 8 nitrogen and oxygen atoms in total. The molecule has 0 aromatic carbocycles. The minimum absolute atomic E-state index is 0.114. The molecule has 0 aromatic rings. The summed E-state index contributed by atoms with van der Waals surface area (Å²) in [7, 11) is 3.20. The van der Waals surface area contributed by atoms with Crippen LogP contribution in [0.1, 0.15) is 39.0 Å². The molecule has 3 atom stereocenters. The molecule has 5 rings (SSSR count). The van der Waals surface area contributed by atoms with Crippen molar-refractivity contribution in [2.45, 2.75) is 57.0 Å². The van der Waals surface area contributed by atoms with Crippen LogP contribution in [0.3, 0.4) is 0 Å². The van der Waals surface area contributed by atoms with Gasteiger partial charge in [0.1, 0.15) is 35.0 Å². The van der Waals surface area contributed by atoms with Crippen LogP contribution < -0.4 is 16.0 Å². The van der Waals surface area contributed by atoms with Crippen molar-refractivity contribution in [3.63, 3.8) is 0 Å². The molecule has 3 N–H and O–H groups in total. The van der Waals surface area contributed by atoms with E-state index in [-0.39, 0.29) is 24.7 Å². The van der Waals surface area contributed by atoms with E-state index < -0.39 is 29.1 Å². The van der Waals surface area contributed by atoms with Crippen molar-refractivity contribution in [2.24, 2.45) is 5.41 Å². The molecule has 1 saturated carbocycles. The average Bonchev–Trinajstić information content (AvgIpc) is 3.73. The number of nitrogens with one attached hydrogen (secondary N) is 3. The maximum absolute atomic E-state index is 15.9. The Labute approximate surface area is 226 Å². The Morgan fingerprint density at radius 1 is 1.13 bits per heavy atom. The first-order chi connectivity index (χ1) is 18.6. The highest BCUT2D eigenvalue weighted by Gasteiger charge is 2.57. The second-order valence-electron chi connectivity index (χ2n) is 10.5. The number of rotatable bonds is 8. The summed E-state index contributed by atoms with van der Waals surface area (Å²) < 4.78 is 46.2. The third-order valence-corrected chi connectivity index (χ3v) is 7.60. The van der Waals surface area contributed by atoms with E-state index in [2.05, 4.69) is 16.0 Å². The lowest BCUT2D eigenvalue weighted by Crippen LogP contribution is -2.43. The predicted octanol–water partition coefficient (Wildman–Crippen LogP) is 3.79. The van der Waals surface area contributed by atoms with Crippen LogP contribution in [-0.2, 0) is 23.8 Å². The first-order valence-electron chi connectivity index (χ1n) is 13.0. The summed E-state index contributed by atoms with van der Waals surface area (Å²) in [5.74, 6) is 0.359. The fraction of sp³-hybridized carbons (Fsp3) is 0.448. The van der Waals surface area contributed by atoms with Crippen molar-refractivity contribution in [1.29, 1.82) is 0 Å². The molecule has 0 saturated heterocycles. The topological polar surface area (TPSA) is 97.9 Å². The van der Waals surface area contributed by atoms with E-state index in [0.717, 1.165) is 11.3 Å². The fourth-order valence-electron chi connectivity index (χ4n) is 5.05. The van der Waals surface area contributed by atoms with E-state index in [0.29, 0.717) is 48.7 Å². The smallest absolute Gasteiger partial charge is 0.240 e. The Morgan fingerprint density at radius 2 is 1.90 bits per heavy atom. The van der Waals surface area contributed by atoms with Crippen LogP contribution in [0.2, 0.25) is 0 Å². The van der Waals surface area contributed by atoms with Crippen LogP contribution in [-0.4, -0.2) is 50.5 Å². The molecular weight excluding hydrogens is 508 g/mol. The fourth-order valence-corrected chi connectivity index (χ4v) is 5.05. The van der Waals surface area contributed by atoms with Crippen molar-refractivity contribution in [3.8, 4) is 0 Å². The molecule has 3 unspecified atom stereocenters. The number of methoxy groups -OCH3 is 2. The Hall–Kier alpha value is -3.66. The van der Waals surface area contributed by atoms with Gasteiger partial charge in [0.05, 0.1) is 7.11 Å². The zero-order chi connectivity index (χ0) is 27.8. The van der Waals surface area contributed by atoms with Gasteiger partial charge in [0.2, 0.25) is 11.8 Å². The molecule has 0 radical (unpaired) electrons. The van der Waals surface area contributed by atoms with E-state index >= 15 is 4.39 Å². The van der Waals surface area contributed by atoms with E-state index in [1.54, 1.807) is 26.4 Å². The van der Waals surface area contributed by atoms with E-state index in [1.807, 2.05) is 12.2 Å². The minimum Gasteiger partial charge on any atom is -0.498 e. The highest BCUT2D eigenvalue weighted by atomic mass is 19.1. The maximum Gasteiger partial charge on any atom is 0.240 e. The summed E-state index contributed by atoms with van der Waals surface area (Å²) in [4.78, 5) is 25.9. The maximum atomic E-state index is 15.9. The van der Waals surface area contributed by atoms with Crippen molar-refractivity contribution in [1.82, 2.24) is 16.0 Å². The van der Waals surface area contributed by atoms with Crippen LogP contribution in [0, 0.1) is 5.41 Å². The van der Waals surface area contributed by atoms with Crippen LogP contribution in [0.25, 0.3) is 0 Å². The molecule has 4 aliphatic carbocycles. The molecular formula is C29H33F2N3O5. The van der Waals surface area contributed by atoms with Gasteiger partial charge in [-0.2, -0.15) is 0 Å². The lowest BCUT2D eigenvalue weighted by Gasteiger charge is -2.33. The van der Waals surface area contributed by atoms with Gasteiger partial charge < -0.3 is 30.2 Å². The van der Waals surface area contributed by atoms with Gasteiger partial charge in [-0.15, -0.1) is 0 Å². The third kappa shape index (κ3) is 5.43. The number of ether oxygens (including phenoxy) is 3. The number of amides is 2. The Morgan fingerprint density at radius 3 is 2.54 bits per heavy atom. The SMILES string of the molecule is COC1=CC2=C(CC1OC)NCC=C2OC1=CC=C(NC(=O)C2(C(=O)NC3=CCC(F)C=C3)CC2)CC1(C)F. The number of dihydropyridines is 1. The van der Waals surface area contributed by atoms with Crippen LogP contribution in [0.4, 0.5) is 8.78 Å². The average molecular weight is 542 g/mol. The lowest BCUT2D eigenvalue weighted by atomic mass is 9.93. The second kappa shape index (κ2) is 10.5. The zero-order valence-electron chi connectivity index (χ0n) is 22.2. The van der Waals surface area contributed by atoms with Crippen molar-refractivity contribution in [2.75, 3.05) is 20.8 Å². The first kappa shape index (κ1) is 26.9. The first-order valence-corrected chi connectivity index (χ1v) is 13.0. The standard InChI is InChI=1S/C29H33F2N3O5/c1-28(31)16-19(34-27(36)29(11-12-29)26(35)33-18-6-4-17(30)5-7-18)8-9-25(28)39-22-10-13-32-21-15-24(38-3)23(37-2)14-20(21)22/h4,6-10,14,17,24,32H,5,11-13,15-16H2,1-3H3,(H,33,35)(H,34,36). The summed E-state index contributed by atoms with van der Waals surface area (Å²) in [5.41, 5.74) is -0.587. The van der Waals surface area contributed by atoms with Crippen molar-refractivity contribution >= 4 is 11.8 Å². The molecule has 208 valence electrons. The van der Waals surface area contributed by atoms with Gasteiger partial charge in [-0.3, -0.25) is 9.59 Å². The molecule has 10 heteroatoms. The number of halogens is 2. The van der Waals surface area contributed by atoms with Gasteiger partial charge in [0, 0.05) is 55.6 Å². The molecule has 39 heavy (non-hydrogen) atoms. The van der Waals surface area contributed by atoms with Crippen molar-refractivity contribution in [3.05, 3.63) is 82.5 Å². The van der Waals surface area contributed by atoms with Crippen molar-refractivity contribution < 1.29 is 32.6 Å². The molecule has 0 spiro atoms. The quantitative estimate of drug-likeness (QED) is 0.405. The Balaban J connectivity index is 1.26. The molecule has 2 amide bonds. The normalized spacial score (nSPS) is 28.9. The van der Waals surface area contributed by atoms with Crippen LogP contribution in [0.15, 0.2) is 82.5 Å². The van der Waals surface area contributed by atoms with Crippen LogP contribution in [0.5, 0.6) is 0 Å². The Kier molecular flexibility index (Phi) is 7.24. The summed E-state index contributed by atoms with van der Waals surface area (Å²) in [6, 6.07) is 0. The minimum atomic E-state index is -1.90. The van der Waals surface area contributed by atoms with Gasteiger partial charge in [-0.25, -0.2) is 8.78 Å². The summed E-state index contributed by atoms with van der Waals surface area (Å²) in [5, 5.41) is 8.77. The molecule has 5 aliphatic rings. The van der Waals surface area contributed by atoms with Gasteiger partial charge in [0.25, 0.3) is 0 Å². The largest absolute Gasteiger partial charge is 0.498 e. The van der Waals surface area contributed by atoms with E-state index in [9.17, 15) is 14.0 Å². The number of carbonyl (C=O) groups excluding carboxylic acids is 2. The van der Waals surface area contributed by atoms with Gasteiger partial charge in [0.15, 0.2) is 5.67 Å². The molecule has 0 bridgehead atoms. The number of carbonyl (C=O) groups is 2. The van der Waals surface area contributed by atoms with E-state index in [1.165, 1.54) is 25.2 Å². The van der Waals surface area contributed by atoms with Gasteiger partial charge in [-0.1, -0.05) is 6.08 Å². The number of hydrogen-bond donors (Lipinski definition) is 3. The zero-order valence-corrected chi connectivity index (χ0v) is 22.2. The summed E-state index contributed by atoms with van der Waals surface area (Å²) >= 11 is 0. The van der Waals surface area contributed by atoms with Gasteiger partial charge in [-0.05, 0) is 56.2 Å². The molecule has 0 aromatic heterocycles. The monoisotopic (exact) mass is 541 g/mol. The molecule has 1 fully saturated rings. The molecule has 1 heterocycles. The summed E-state index contributed by atoms with van der Waals surface area (Å²) in [6.07, 6.45) is 11.3. The number of hydrogen-bond acceptors (Lipinski definition) is 6.